The van der Waals surface area contributed by atoms with Crippen LogP contribution in [0.4, 0.5) is 11.4 Å². The molecule has 0 saturated heterocycles. The molecule has 166 valence electrons. The maximum atomic E-state index is 13.2. The molecule has 6 nitrogen and oxygen atoms in total. The van der Waals surface area contributed by atoms with Crippen LogP contribution in [0.1, 0.15) is 27.7 Å². The molecular formula is C25H21N3O3S2. The maximum absolute atomic E-state index is 13.2. The molecule has 4 rings (SSSR count). The van der Waals surface area contributed by atoms with Crippen LogP contribution in [-0.4, -0.2) is 20.9 Å². The van der Waals surface area contributed by atoms with E-state index in [0.29, 0.717) is 21.8 Å². The van der Waals surface area contributed by atoms with Gasteiger partial charge >= 0.3 is 0 Å². The van der Waals surface area contributed by atoms with Crippen LogP contribution in [0.2, 0.25) is 0 Å². The standard InChI is InChI=1S/C25H21N3O3S2/c1-3-28(33(30,31)22-10-7-17(2)8-11-22)21-9-12-23-19(14-21)15-24(32-23)25(29)27-20-6-4-5-18(13-20)16-26/h4-15H,3H2,1-2H3,(H,27,29). The summed E-state index contributed by atoms with van der Waals surface area (Å²) in [6.45, 7) is 3.97. The Morgan fingerprint density at radius 1 is 1.06 bits per heavy atom. The second-order valence-corrected chi connectivity index (χ2v) is 10.4. The third-order valence-electron chi connectivity index (χ3n) is 5.16. The molecule has 4 aromatic rings. The van der Waals surface area contributed by atoms with Crippen LogP contribution in [-0.2, 0) is 10.0 Å². The van der Waals surface area contributed by atoms with Gasteiger partial charge in [-0.3, -0.25) is 9.10 Å². The van der Waals surface area contributed by atoms with Crippen LogP contribution >= 0.6 is 11.3 Å². The number of fused-ring (bicyclic) bond motifs is 1. The lowest BCUT2D eigenvalue weighted by molar-refractivity contribution is 0.103. The number of nitriles is 1. The Morgan fingerprint density at radius 2 is 1.82 bits per heavy atom. The molecule has 1 N–H and O–H groups in total. The summed E-state index contributed by atoms with van der Waals surface area (Å²) in [7, 11) is -3.72. The van der Waals surface area contributed by atoms with Crippen molar-refractivity contribution in [2.45, 2.75) is 18.7 Å². The topological polar surface area (TPSA) is 90.3 Å². The normalized spacial score (nSPS) is 11.2. The molecule has 0 bridgehead atoms. The van der Waals surface area contributed by atoms with Crippen molar-refractivity contribution in [1.82, 2.24) is 0 Å². The van der Waals surface area contributed by atoms with Crippen molar-refractivity contribution < 1.29 is 13.2 Å². The molecule has 0 saturated carbocycles. The van der Waals surface area contributed by atoms with Crippen molar-refractivity contribution in [3.63, 3.8) is 0 Å². The van der Waals surface area contributed by atoms with Gasteiger partial charge < -0.3 is 5.32 Å². The lowest BCUT2D eigenvalue weighted by atomic mass is 10.2. The molecule has 8 heteroatoms. The summed E-state index contributed by atoms with van der Waals surface area (Å²) in [4.78, 5) is 13.5. The zero-order valence-electron chi connectivity index (χ0n) is 18.1. The predicted molar refractivity (Wildman–Crippen MR) is 132 cm³/mol. The quantitative estimate of drug-likeness (QED) is 0.396. The Bertz CT molecular complexity index is 1480. The average Bonchev–Trinajstić information content (AvgIpc) is 3.23. The van der Waals surface area contributed by atoms with Gasteiger partial charge in [-0.2, -0.15) is 5.26 Å². The highest BCUT2D eigenvalue weighted by Gasteiger charge is 2.24. The third-order valence-corrected chi connectivity index (χ3v) is 8.19. The van der Waals surface area contributed by atoms with Gasteiger partial charge in [0.15, 0.2) is 0 Å². The molecule has 0 spiro atoms. The summed E-state index contributed by atoms with van der Waals surface area (Å²) in [5, 5.41) is 12.6. The zero-order chi connectivity index (χ0) is 23.6. The number of nitrogens with zero attached hydrogens (tertiary/aromatic N) is 2. The number of carbonyl (C=O) groups excluding carboxylic acids is 1. The summed E-state index contributed by atoms with van der Waals surface area (Å²) < 4.78 is 28.7. The molecule has 1 heterocycles. The summed E-state index contributed by atoms with van der Waals surface area (Å²) in [6.07, 6.45) is 0. The van der Waals surface area contributed by atoms with Crippen LogP contribution in [0.3, 0.4) is 0 Å². The number of hydrogen-bond donors (Lipinski definition) is 1. The van der Waals surface area contributed by atoms with E-state index in [9.17, 15) is 13.2 Å². The zero-order valence-corrected chi connectivity index (χ0v) is 19.7. The van der Waals surface area contributed by atoms with E-state index < -0.39 is 10.0 Å². The Hall–Kier alpha value is -3.67. The van der Waals surface area contributed by atoms with Crippen molar-refractivity contribution >= 4 is 48.7 Å². The van der Waals surface area contributed by atoms with E-state index in [4.69, 9.17) is 5.26 Å². The number of thiophene rings is 1. The summed E-state index contributed by atoms with van der Waals surface area (Å²) in [5.74, 6) is -0.285. The Kier molecular flexibility index (Phi) is 6.18. The first-order valence-electron chi connectivity index (χ1n) is 10.3. The van der Waals surface area contributed by atoms with Crippen molar-refractivity contribution in [1.29, 1.82) is 5.26 Å². The molecule has 0 aliphatic carbocycles. The maximum Gasteiger partial charge on any atom is 0.265 e. The number of nitrogens with one attached hydrogen (secondary N) is 1. The number of amides is 1. The highest BCUT2D eigenvalue weighted by atomic mass is 32.2. The number of rotatable bonds is 6. The van der Waals surface area contributed by atoms with Gasteiger partial charge in [0.2, 0.25) is 0 Å². The van der Waals surface area contributed by atoms with Gasteiger partial charge in [-0.15, -0.1) is 11.3 Å². The molecule has 0 aliphatic rings. The highest BCUT2D eigenvalue weighted by molar-refractivity contribution is 7.92. The monoisotopic (exact) mass is 475 g/mol. The fraction of sp³-hybridized carbons (Fsp3) is 0.120. The minimum atomic E-state index is -3.72. The van der Waals surface area contributed by atoms with Gasteiger partial charge in [0.25, 0.3) is 15.9 Å². The van der Waals surface area contributed by atoms with E-state index in [1.165, 1.54) is 15.6 Å². The van der Waals surface area contributed by atoms with Gasteiger partial charge in [0.05, 0.1) is 27.1 Å². The summed E-state index contributed by atoms with van der Waals surface area (Å²) in [6, 6.07) is 22.7. The lowest BCUT2D eigenvalue weighted by Crippen LogP contribution is -2.30. The summed E-state index contributed by atoms with van der Waals surface area (Å²) in [5.41, 5.74) is 2.53. The first kappa shape index (κ1) is 22.5. The van der Waals surface area contributed by atoms with E-state index in [0.717, 1.165) is 15.6 Å². The molecule has 33 heavy (non-hydrogen) atoms. The second kappa shape index (κ2) is 9.06. The van der Waals surface area contributed by atoms with Crippen LogP contribution in [0.25, 0.3) is 10.1 Å². The smallest absolute Gasteiger partial charge is 0.265 e. The molecular weight excluding hydrogens is 454 g/mol. The first-order valence-corrected chi connectivity index (χ1v) is 12.5. The van der Waals surface area contributed by atoms with Crippen LogP contribution in [0.15, 0.2) is 77.7 Å². The number of benzene rings is 3. The molecule has 1 amide bonds. The number of hydrogen-bond acceptors (Lipinski definition) is 5. The third kappa shape index (κ3) is 4.60. The number of anilines is 2. The summed E-state index contributed by atoms with van der Waals surface area (Å²) >= 11 is 1.32. The SMILES string of the molecule is CCN(c1ccc2sc(C(=O)Nc3cccc(C#N)c3)cc2c1)S(=O)(=O)c1ccc(C)cc1. The van der Waals surface area contributed by atoms with Gasteiger partial charge in [-0.1, -0.05) is 23.8 Å². The molecule has 1 aromatic heterocycles. The molecule has 0 aliphatic heterocycles. The average molecular weight is 476 g/mol. The van der Waals surface area contributed by atoms with Crippen LogP contribution in [0, 0.1) is 18.3 Å². The van der Waals surface area contributed by atoms with Crippen molar-refractivity contribution in [3.8, 4) is 6.07 Å². The largest absolute Gasteiger partial charge is 0.321 e. The Morgan fingerprint density at radius 3 is 2.52 bits per heavy atom. The van der Waals surface area contributed by atoms with Gasteiger partial charge in [0, 0.05) is 16.9 Å². The van der Waals surface area contributed by atoms with Gasteiger partial charge in [0.1, 0.15) is 0 Å². The second-order valence-electron chi connectivity index (χ2n) is 7.46. The molecule has 0 fully saturated rings. The number of aryl methyl sites for hydroxylation is 1. The highest BCUT2D eigenvalue weighted by Crippen LogP contribution is 2.32. The Labute approximate surface area is 196 Å². The predicted octanol–water partition coefficient (Wildman–Crippen LogP) is 5.55. The molecule has 0 unspecified atom stereocenters. The van der Waals surface area contributed by atoms with E-state index in [-0.39, 0.29) is 17.3 Å². The first-order chi connectivity index (χ1) is 15.8. The minimum Gasteiger partial charge on any atom is -0.321 e. The van der Waals surface area contributed by atoms with Crippen LogP contribution in [0.5, 0.6) is 0 Å². The molecule has 0 atom stereocenters. The van der Waals surface area contributed by atoms with Gasteiger partial charge in [-0.25, -0.2) is 8.42 Å². The van der Waals surface area contributed by atoms with Crippen molar-refractivity contribution in [3.05, 3.63) is 88.8 Å². The fourth-order valence-corrected chi connectivity index (χ4v) is 5.89. The fourth-order valence-electron chi connectivity index (χ4n) is 3.49. The van der Waals surface area contributed by atoms with Crippen molar-refractivity contribution in [2.75, 3.05) is 16.2 Å². The minimum absolute atomic E-state index is 0.236. The van der Waals surface area contributed by atoms with Gasteiger partial charge in [-0.05, 0) is 73.8 Å². The van der Waals surface area contributed by atoms with E-state index >= 15 is 0 Å². The number of carbonyl (C=O) groups is 1. The molecule has 0 radical (unpaired) electrons. The van der Waals surface area contributed by atoms with E-state index in [1.807, 2.05) is 19.1 Å². The molecule has 3 aromatic carbocycles. The van der Waals surface area contributed by atoms with Crippen LogP contribution < -0.4 is 9.62 Å². The Balaban J connectivity index is 1.63. The van der Waals surface area contributed by atoms with Crippen molar-refractivity contribution in [2.24, 2.45) is 0 Å². The van der Waals surface area contributed by atoms with E-state index in [2.05, 4.69) is 5.32 Å². The van der Waals surface area contributed by atoms with E-state index in [1.54, 1.807) is 73.7 Å². The number of sulfonamides is 1. The lowest BCUT2D eigenvalue weighted by Gasteiger charge is -2.23.